The minimum atomic E-state index is -3.30. The molecule has 1 aliphatic heterocycles. The molecule has 0 aliphatic carbocycles. The van der Waals surface area contributed by atoms with E-state index in [2.05, 4.69) is 12.2 Å². The van der Waals surface area contributed by atoms with Crippen LogP contribution in [0.2, 0.25) is 0 Å². The maximum atomic E-state index is 12.5. The summed E-state index contributed by atoms with van der Waals surface area (Å²) in [6.45, 7) is 7.93. The predicted molar refractivity (Wildman–Crippen MR) is 80.1 cm³/mol. The van der Waals surface area contributed by atoms with Crippen LogP contribution in [0.1, 0.15) is 38.8 Å². The molecule has 5 nitrogen and oxygen atoms in total. The lowest BCUT2D eigenvalue weighted by Gasteiger charge is -2.13. The van der Waals surface area contributed by atoms with Crippen molar-refractivity contribution in [3.8, 4) is 0 Å². The van der Waals surface area contributed by atoms with Gasteiger partial charge in [-0.15, -0.1) is 0 Å². The van der Waals surface area contributed by atoms with Gasteiger partial charge < -0.3 is 9.88 Å². The van der Waals surface area contributed by atoms with Crippen LogP contribution in [0.5, 0.6) is 0 Å². The van der Waals surface area contributed by atoms with E-state index in [9.17, 15) is 8.42 Å². The van der Waals surface area contributed by atoms with E-state index in [0.29, 0.717) is 18.0 Å². The number of aromatic nitrogens is 1. The topological polar surface area (TPSA) is 54.3 Å². The first-order chi connectivity index (χ1) is 9.59. The zero-order chi connectivity index (χ0) is 14.6. The molecule has 0 amide bonds. The van der Waals surface area contributed by atoms with Crippen LogP contribution < -0.4 is 5.32 Å². The Labute approximate surface area is 122 Å². The van der Waals surface area contributed by atoms with Crippen LogP contribution in [0.25, 0.3) is 0 Å². The Morgan fingerprint density at radius 2 is 1.95 bits per heavy atom. The molecule has 20 heavy (non-hydrogen) atoms. The summed E-state index contributed by atoms with van der Waals surface area (Å²) < 4.78 is 28.7. The van der Waals surface area contributed by atoms with Crippen LogP contribution in [0, 0.1) is 0 Å². The molecular formula is C14H25N3O2S. The molecule has 0 unspecified atom stereocenters. The third kappa shape index (κ3) is 3.24. The molecule has 1 aromatic heterocycles. The third-order valence-corrected chi connectivity index (χ3v) is 5.60. The van der Waals surface area contributed by atoms with Crippen LogP contribution in [0.15, 0.2) is 17.2 Å². The quantitative estimate of drug-likeness (QED) is 0.781. The van der Waals surface area contributed by atoms with Gasteiger partial charge in [0.1, 0.15) is 4.90 Å². The van der Waals surface area contributed by atoms with Crippen molar-refractivity contribution in [1.29, 1.82) is 0 Å². The third-order valence-electron chi connectivity index (χ3n) is 3.74. The van der Waals surface area contributed by atoms with E-state index in [1.165, 1.54) is 0 Å². The molecule has 1 N–H and O–H groups in total. The first kappa shape index (κ1) is 15.5. The van der Waals surface area contributed by atoms with Crippen LogP contribution in [0.3, 0.4) is 0 Å². The second kappa shape index (κ2) is 6.74. The molecule has 2 rings (SSSR count). The standard InChI is InChI=1S/C14H25N3O2S/c1-3-7-15-11-13-10-14(12-16(13)4-2)20(18,19)17-8-5-6-9-17/h10,12,15H,3-9,11H2,1-2H3. The molecule has 0 radical (unpaired) electrons. The summed E-state index contributed by atoms with van der Waals surface area (Å²) in [6, 6.07) is 1.82. The van der Waals surface area contributed by atoms with E-state index in [1.54, 1.807) is 10.5 Å². The van der Waals surface area contributed by atoms with Crippen molar-refractivity contribution in [3.05, 3.63) is 18.0 Å². The van der Waals surface area contributed by atoms with E-state index < -0.39 is 10.0 Å². The molecular weight excluding hydrogens is 274 g/mol. The number of rotatable bonds is 7. The molecule has 1 saturated heterocycles. The largest absolute Gasteiger partial charge is 0.349 e. The number of hydrogen-bond acceptors (Lipinski definition) is 3. The molecule has 0 bridgehead atoms. The Morgan fingerprint density at radius 1 is 1.25 bits per heavy atom. The Morgan fingerprint density at radius 3 is 2.55 bits per heavy atom. The van der Waals surface area contributed by atoms with Crippen molar-refractivity contribution in [2.45, 2.75) is 51.1 Å². The molecule has 6 heteroatoms. The fourth-order valence-electron chi connectivity index (χ4n) is 2.58. The number of nitrogens with one attached hydrogen (secondary N) is 1. The lowest BCUT2D eigenvalue weighted by atomic mass is 10.4. The highest BCUT2D eigenvalue weighted by Gasteiger charge is 2.28. The van der Waals surface area contributed by atoms with E-state index in [0.717, 1.165) is 44.6 Å². The lowest BCUT2D eigenvalue weighted by molar-refractivity contribution is 0.477. The monoisotopic (exact) mass is 299 g/mol. The van der Waals surface area contributed by atoms with Gasteiger partial charge in [-0.3, -0.25) is 0 Å². The van der Waals surface area contributed by atoms with Crippen molar-refractivity contribution >= 4 is 10.0 Å². The number of nitrogens with zero attached hydrogens (tertiary/aromatic N) is 2. The summed E-state index contributed by atoms with van der Waals surface area (Å²) in [4.78, 5) is 0.439. The molecule has 0 aromatic carbocycles. The molecule has 0 spiro atoms. The molecule has 0 saturated carbocycles. The van der Waals surface area contributed by atoms with E-state index in [4.69, 9.17) is 0 Å². The maximum Gasteiger partial charge on any atom is 0.244 e. The minimum absolute atomic E-state index is 0.439. The van der Waals surface area contributed by atoms with Gasteiger partial charge in [0, 0.05) is 38.1 Å². The van der Waals surface area contributed by atoms with Crippen molar-refractivity contribution in [3.63, 3.8) is 0 Å². The van der Waals surface area contributed by atoms with Gasteiger partial charge >= 0.3 is 0 Å². The maximum absolute atomic E-state index is 12.5. The SMILES string of the molecule is CCCNCc1cc(S(=O)(=O)N2CCCC2)cn1CC. The fraction of sp³-hybridized carbons (Fsp3) is 0.714. The number of hydrogen-bond donors (Lipinski definition) is 1. The molecule has 114 valence electrons. The van der Waals surface area contributed by atoms with Crippen molar-refractivity contribution in [1.82, 2.24) is 14.2 Å². The van der Waals surface area contributed by atoms with E-state index >= 15 is 0 Å². The van der Waals surface area contributed by atoms with E-state index in [1.807, 2.05) is 17.6 Å². The second-order valence-electron chi connectivity index (χ2n) is 5.24. The molecule has 1 aliphatic rings. The van der Waals surface area contributed by atoms with Gasteiger partial charge in [-0.1, -0.05) is 6.92 Å². The summed E-state index contributed by atoms with van der Waals surface area (Å²) in [5, 5.41) is 3.33. The minimum Gasteiger partial charge on any atom is -0.349 e. The molecule has 1 aromatic rings. The van der Waals surface area contributed by atoms with Gasteiger partial charge in [0.05, 0.1) is 0 Å². The number of aryl methyl sites for hydroxylation is 1. The smallest absolute Gasteiger partial charge is 0.244 e. The summed E-state index contributed by atoms with van der Waals surface area (Å²) in [6.07, 6.45) is 4.79. The Bertz CT molecular complexity index is 531. The average Bonchev–Trinajstić information content (AvgIpc) is 3.09. The molecule has 0 atom stereocenters. The van der Waals surface area contributed by atoms with Crippen molar-refractivity contribution in [2.75, 3.05) is 19.6 Å². The number of sulfonamides is 1. The van der Waals surface area contributed by atoms with Gasteiger partial charge in [0.25, 0.3) is 0 Å². The van der Waals surface area contributed by atoms with Gasteiger partial charge in [0.2, 0.25) is 10.0 Å². The fourth-order valence-corrected chi connectivity index (χ4v) is 4.16. The first-order valence-electron chi connectivity index (χ1n) is 7.49. The zero-order valence-electron chi connectivity index (χ0n) is 12.4. The zero-order valence-corrected chi connectivity index (χ0v) is 13.2. The van der Waals surface area contributed by atoms with E-state index in [-0.39, 0.29) is 0 Å². The molecule has 2 heterocycles. The van der Waals surface area contributed by atoms with Crippen molar-refractivity contribution in [2.24, 2.45) is 0 Å². The second-order valence-corrected chi connectivity index (χ2v) is 7.18. The average molecular weight is 299 g/mol. The summed E-state index contributed by atoms with van der Waals surface area (Å²) >= 11 is 0. The van der Waals surface area contributed by atoms with Gasteiger partial charge in [0.15, 0.2) is 0 Å². The van der Waals surface area contributed by atoms with Gasteiger partial charge in [-0.25, -0.2) is 8.42 Å². The van der Waals surface area contributed by atoms with Crippen LogP contribution in [0.4, 0.5) is 0 Å². The van der Waals surface area contributed by atoms with Crippen LogP contribution in [-0.4, -0.2) is 36.9 Å². The molecule has 1 fully saturated rings. The Kier molecular flexibility index (Phi) is 5.23. The summed E-state index contributed by atoms with van der Waals surface area (Å²) in [7, 11) is -3.30. The summed E-state index contributed by atoms with van der Waals surface area (Å²) in [5.74, 6) is 0. The highest BCUT2D eigenvalue weighted by atomic mass is 32.2. The van der Waals surface area contributed by atoms with Crippen molar-refractivity contribution < 1.29 is 8.42 Å². The van der Waals surface area contributed by atoms with Crippen LogP contribution >= 0.6 is 0 Å². The Hall–Kier alpha value is -0.850. The first-order valence-corrected chi connectivity index (χ1v) is 8.93. The van der Waals surface area contributed by atoms with Gasteiger partial charge in [-0.2, -0.15) is 4.31 Å². The summed E-state index contributed by atoms with van der Waals surface area (Å²) in [5.41, 5.74) is 1.04. The van der Waals surface area contributed by atoms with Gasteiger partial charge in [-0.05, 0) is 38.8 Å². The van der Waals surface area contributed by atoms with Crippen LogP contribution in [-0.2, 0) is 23.1 Å². The Balaban J connectivity index is 2.19. The highest BCUT2D eigenvalue weighted by Crippen LogP contribution is 2.22. The predicted octanol–water partition coefficient (Wildman–Crippen LogP) is 1.79. The highest BCUT2D eigenvalue weighted by molar-refractivity contribution is 7.89. The normalized spacial score (nSPS) is 16.9. The lowest BCUT2D eigenvalue weighted by Crippen LogP contribution is -2.27.